The van der Waals surface area contributed by atoms with Gasteiger partial charge in [0.15, 0.2) is 11.5 Å². The molecule has 5 rings (SSSR count). The molecule has 0 unspecified atom stereocenters. The van der Waals surface area contributed by atoms with Crippen LogP contribution in [0.2, 0.25) is 5.02 Å². The van der Waals surface area contributed by atoms with Crippen molar-refractivity contribution in [1.82, 2.24) is 29.7 Å². The quantitative estimate of drug-likeness (QED) is 0.394. The molecular weight excluding hydrogens is 514 g/mol. The molecule has 1 aliphatic carbocycles. The highest BCUT2D eigenvalue weighted by Crippen LogP contribution is 2.31. The van der Waals surface area contributed by atoms with Gasteiger partial charge in [-0.2, -0.15) is 5.10 Å². The lowest BCUT2D eigenvalue weighted by Crippen LogP contribution is -2.30. The molecule has 4 aromatic rings. The molecule has 2 N–H and O–H groups in total. The maximum absolute atomic E-state index is 13.4. The van der Waals surface area contributed by atoms with Gasteiger partial charge in [0.25, 0.3) is 11.8 Å². The summed E-state index contributed by atoms with van der Waals surface area (Å²) < 4.78 is 8.52. The number of hydrogen-bond donors (Lipinski definition) is 2. The molecule has 2 amide bonds. The number of rotatable bonds is 6. The summed E-state index contributed by atoms with van der Waals surface area (Å²) in [4.78, 5) is 30.7. The number of anilines is 1. The van der Waals surface area contributed by atoms with E-state index in [1.54, 1.807) is 36.7 Å². The Morgan fingerprint density at radius 3 is 2.76 bits per heavy atom. The molecule has 1 aliphatic rings. The molecule has 12 heteroatoms. The van der Waals surface area contributed by atoms with Crippen LogP contribution in [0.25, 0.3) is 11.3 Å². The minimum Gasteiger partial charge on any atom is -0.480 e. The van der Waals surface area contributed by atoms with Crippen molar-refractivity contribution >= 4 is 50.5 Å². The topological polar surface area (TPSA) is 115 Å². The molecule has 4 heterocycles. The smallest absolute Gasteiger partial charge is 0.274 e. The Balaban J connectivity index is 1.58. The summed E-state index contributed by atoms with van der Waals surface area (Å²) in [5.74, 6) is -0.405. The lowest BCUT2D eigenvalue weighted by molar-refractivity contribution is 0.0944. The predicted octanol–water partition coefficient (Wildman–Crippen LogP) is 3.48. The lowest BCUT2D eigenvalue weighted by atomic mass is 10.2. The Morgan fingerprint density at radius 1 is 1.21 bits per heavy atom. The molecule has 0 bridgehead atoms. The van der Waals surface area contributed by atoms with E-state index in [2.05, 4.69) is 41.7 Å². The number of nitrogens with one attached hydrogen (secondary N) is 2. The summed E-state index contributed by atoms with van der Waals surface area (Å²) >= 11 is 9.76. The molecule has 33 heavy (non-hydrogen) atoms. The van der Waals surface area contributed by atoms with E-state index in [0.29, 0.717) is 15.0 Å². The highest BCUT2D eigenvalue weighted by molar-refractivity contribution is 9.10. The van der Waals surface area contributed by atoms with Gasteiger partial charge in [-0.3, -0.25) is 9.59 Å². The van der Waals surface area contributed by atoms with Crippen LogP contribution in [-0.2, 0) is 0 Å². The van der Waals surface area contributed by atoms with E-state index in [9.17, 15) is 9.59 Å². The number of aromatic nitrogens is 5. The van der Waals surface area contributed by atoms with Crippen LogP contribution in [0, 0.1) is 0 Å². The van der Waals surface area contributed by atoms with Crippen molar-refractivity contribution < 1.29 is 14.3 Å². The van der Waals surface area contributed by atoms with E-state index >= 15 is 0 Å². The molecule has 0 aliphatic heterocycles. The van der Waals surface area contributed by atoms with Crippen molar-refractivity contribution in [2.24, 2.45) is 0 Å². The number of pyridine rings is 2. The fourth-order valence-electron chi connectivity index (χ4n) is 3.33. The zero-order valence-corrected chi connectivity index (χ0v) is 19.6. The number of nitrogens with zero attached hydrogens (tertiary/aromatic N) is 5. The average Bonchev–Trinajstić information content (AvgIpc) is 3.31. The molecule has 0 radical (unpaired) electrons. The minimum atomic E-state index is -0.541. The number of carbonyl (C=O) groups excluding carboxylic acids is 2. The molecule has 0 aromatic carbocycles. The molecule has 10 nitrogen and oxygen atoms in total. The summed E-state index contributed by atoms with van der Waals surface area (Å²) in [6.45, 7) is 0. The number of halogens is 2. The second kappa shape index (κ2) is 8.49. The van der Waals surface area contributed by atoms with Gasteiger partial charge in [-0.1, -0.05) is 11.6 Å². The van der Waals surface area contributed by atoms with E-state index in [1.807, 2.05) is 0 Å². The van der Waals surface area contributed by atoms with E-state index in [-0.39, 0.29) is 40.7 Å². The van der Waals surface area contributed by atoms with E-state index in [4.69, 9.17) is 16.3 Å². The first-order valence-electron chi connectivity index (χ1n) is 9.99. The Hall–Kier alpha value is -3.44. The summed E-state index contributed by atoms with van der Waals surface area (Å²) in [6, 6.07) is 8.44. The van der Waals surface area contributed by atoms with E-state index in [0.717, 1.165) is 12.8 Å². The summed E-state index contributed by atoms with van der Waals surface area (Å²) in [7, 11) is 1.44. The van der Waals surface area contributed by atoms with Crippen LogP contribution in [0.3, 0.4) is 0 Å². The zero-order valence-electron chi connectivity index (χ0n) is 17.2. The SMILES string of the molecule is COc1cc(C(=O)Nc2c(Br)cc3ccnn3c2C(=O)NC2CC2)n(-c2ncccc2Cl)n1. The number of carbonyl (C=O) groups is 2. The van der Waals surface area contributed by atoms with Crippen molar-refractivity contribution in [3.8, 4) is 11.7 Å². The van der Waals surface area contributed by atoms with Crippen LogP contribution in [0.15, 0.2) is 47.2 Å². The van der Waals surface area contributed by atoms with Gasteiger partial charge in [-0.25, -0.2) is 14.2 Å². The minimum absolute atomic E-state index is 0.119. The largest absolute Gasteiger partial charge is 0.480 e. The van der Waals surface area contributed by atoms with Crippen LogP contribution in [-0.4, -0.2) is 49.3 Å². The lowest BCUT2D eigenvalue weighted by Gasteiger charge is -2.15. The molecule has 0 spiro atoms. The number of ether oxygens (including phenoxy) is 1. The summed E-state index contributed by atoms with van der Waals surface area (Å²) in [5, 5.41) is 14.6. The fraction of sp³-hybridized carbons (Fsp3) is 0.190. The van der Waals surface area contributed by atoms with Crippen molar-refractivity contribution in [3.63, 3.8) is 0 Å². The van der Waals surface area contributed by atoms with Crippen molar-refractivity contribution in [3.05, 3.63) is 63.6 Å². The normalized spacial score (nSPS) is 13.2. The highest BCUT2D eigenvalue weighted by Gasteiger charge is 2.29. The number of amides is 2. The molecule has 0 atom stereocenters. The maximum atomic E-state index is 13.4. The first-order chi connectivity index (χ1) is 16.0. The highest BCUT2D eigenvalue weighted by atomic mass is 79.9. The Bertz CT molecular complexity index is 1400. The molecule has 168 valence electrons. The maximum Gasteiger partial charge on any atom is 0.274 e. The number of hydrogen-bond acceptors (Lipinski definition) is 6. The third-order valence-corrected chi connectivity index (χ3v) is 5.99. The zero-order chi connectivity index (χ0) is 23.1. The van der Waals surface area contributed by atoms with Gasteiger partial charge in [-0.05, 0) is 53.0 Å². The average molecular weight is 531 g/mol. The third-order valence-electron chi connectivity index (χ3n) is 5.07. The standard InChI is InChI=1S/C21H17BrClN7O3/c1-33-16-10-15(30(28-16)19-14(23)3-2-7-24-19)20(31)27-17-13(22)9-12-6-8-25-29(12)18(17)21(32)26-11-4-5-11/h2-3,6-11H,4-5H2,1H3,(H,26,32)(H,27,31). The van der Waals surface area contributed by atoms with Crippen LogP contribution in [0.5, 0.6) is 5.88 Å². The van der Waals surface area contributed by atoms with Gasteiger partial charge in [0.1, 0.15) is 5.69 Å². The molecule has 1 saturated carbocycles. The van der Waals surface area contributed by atoms with Gasteiger partial charge in [0, 0.05) is 22.8 Å². The van der Waals surface area contributed by atoms with Crippen LogP contribution >= 0.6 is 27.5 Å². The number of fused-ring (bicyclic) bond motifs is 1. The van der Waals surface area contributed by atoms with Crippen molar-refractivity contribution in [1.29, 1.82) is 0 Å². The first-order valence-corrected chi connectivity index (χ1v) is 11.2. The molecule has 1 fully saturated rings. The van der Waals surface area contributed by atoms with Crippen LogP contribution in [0.1, 0.15) is 33.8 Å². The fourth-order valence-corrected chi connectivity index (χ4v) is 4.06. The van der Waals surface area contributed by atoms with Crippen LogP contribution in [0.4, 0.5) is 5.69 Å². The van der Waals surface area contributed by atoms with E-state index in [1.165, 1.54) is 22.4 Å². The van der Waals surface area contributed by atoms with Gasteiger partial charge < -0.3 is 15.4 Å². The monoisotopic (exact) mass is 529 g/mol. The van der Waals surface area contributed by atoms with Gasteiger partial charge >= 0.3 is 0 Å². The predicted molar refractivity (Wildman–Crippen MR) is 124 cm³/mol. The summed E-state index contributed by atoms with van der Waals surface area (Å²) in [6.07, 6.45) is 4.98. The first kappa shape index (κ1) is 21.4. The third kappa shape index (κ3) is 4.05. The van der Waals surface area contributed by atoms with Crippen molar-refractivity contribution in [2.75, 3.05) is 12.4 Å². The molecular formula is C21H17BrClN7O3. The van der Waals surface area contributed by atoms with Crippen LogP contribution < -0.4 is 15.4 Å². The van der Waals surface area contributed by atoms with Gasteiger partial charge in [-0.15, -0.1) is 5.10 Å². The second-order valence-electron chi connectivity index (χ2n) is 7.38. The Labute approximate surface area is 201 Å². The Morgan fingerprint density at radius 2 is 2.03 bits per heavy atom. The summed E-state index contributed by atoms with van der Waals surface area (Å²) in [5.41, 5.74) is 1.30. The Kier molecular flexibility index (Phi) is 5.51. The molecule has 0 saturated heterocycles. The van der Waals surface area contributed by atoms with Gasteiger partial charge in [0.05, 0.1) is 29.5 Å². The number of methoxy groups -OCH3 is 1. The van der Waals surface area contributed by atoms with Gasteiger partial charge in [0.2, 0.25) is 5.88 Å². The van der Waals surface area contributed by atoms with E-state index < -0.39 is 5.91 Å². The van der Waals surface area contributed by atoms with Crippen molar-refractivity contribution in [2.45, 2.75) is 18.9 Å². The second-order valence-corrected chi connectivity index (χ2v) is 8.64. The molecule has 4 aromatic heterocycles.